The Bertz CT molecular complexity index is 1020. The van der Waals surface area contributed by atoms with Crippen LogP contribution in [0.4, 0.5) is 0 Å². The van der Waals surface area contributed by atoms with Gasteiger partial charge in [-0.05, 0) is 55.3 Å². The minimum atomic E-state index is -0.960. The molecule has 134 valence electrons. The van der Waals surface area contributed by atoms with Crippen molar-refractivity contribution in [3.8, 4) is 5.75 Å². The van der Waals surface area contributed by atoms with Crippen molar-refractivity contribution in [3.05, 3.63) is 63.3 Å². The van der Waals surface area contributed by atoms with E-state index in [0.29, 0.717) is 32.8 Å². The number of nitrogens with one attached hydrogen (secondary N) is 1. The van der Waals surface area contributed by atoms with Gasteiger partial charge in [-0.15, -0.1) is 0 Å². The minimum Gasteiger partial charge on any atom is -0.496 e. The predicted molar refractivity (Wildman–Crippen MR) is 101 cm³/mol. The van der Waals surface area contributed by atoms with Gasteiger partial charge in [0.05, 0.1) is 19.1 Å². The highest BCUT2D eigenvalue weighted by atomic mass is 35.5. The molecule has 2 aromatic carbocycles. The third-order valence-corrected chi connectivity index (χ3v) is 4.66. The molecule has 0 aliphatic rings. The number of carbonyl (C=O) groups excluding carboxylic acids is 1. The Hall–Kier alpha value is -2.79. The number of aromatic amines is 1. The smallest absolute Gasteiger partial charge is 0.307 e. The van der Waals surface area contributed by atoms with Crippen LogP contribution in [0.3, 0.4) is 0 Å². The van der Waals surface area contributed by atoms with Crippen LogP contribution in [0.15, 0.2) is 30.3 Å². The van der Waals surface area contributed by atoms with Crippen molar-refractivity contribution in [3.63, 3.8) is 0 Å². The lowest BCUT2D eigenvalue weighted by molar-refractivity contribution is -0.136. The Morgan fingerprint density at radius 1 is 1.19 bits per heavy atom. The highest BCUT2D eigenvalue weighted by molar-refractivity contribution is 6.30. The number of carbonyl (C=O) groups is 2. The Morgan fingerprint density at radius 2 is 1.85 bits per heavy atom. The largest absolute Gasteiger partial charge is 0.496 e. The molecular formula is C20H18ClNO4. The van der Waals surface area contributed by atoms with Gasteiger partial charge in [0.15, 0.2) is 5.78 Å². The van der Waals surface area contributed by atoms with Gasteiger partial charge in [0.2, 0.25) is 0 Å². The van der Waals surface area contributed by atoms with Crippen LogP contribution in [-0.4, -0.2) is 29.0 Å². The van der Waals surface area contributed by atoms with Gasteiger partial charge in [0.1, 0.15) is 5.75 Å². The van der Waals surface area contributed by atoms with Crippen LogP contribution in [-0.2, 0) is 11.2 Å². The molecule has 0 saturated heterocycles. The molecule has 0 radical (unpaired) electrons. The molecule has 0 amide bonds. The number of benzene rings is 2. The molecule has 1 heterocycles. The number of ether oxygens (including phenoxy) is 1. The third-order valence-electron chi connectivity index (χ3n) is 4.41. The minimum absolute atomic E-state index is 0.182. The molecule has 0 atom stereocenters. The van der Waals surface area contributed by atoms with E-state index in [2.05, 4.69) is 4.98 Å². The number of aliphatic carboxylic acids is 1. The number of hydrogen-bond donors (Lipinski definition) is 2. The molecule has 0 spiro atoms. The van der Waals surface area contributed by atoms with Crippen LogP contribution in [0.25, 0.3) is 10.9 Å². The number of fused-ring (bicyclic) bond motifs is 1. The van der Waals surface area contributed by atoms with Crippen LogP contribution in [0.2, 0.25) is 5.02 Å². The summed E-state index contributed by atoms with van der Waals surface area (Å²) in [5, 5.41) is 10.4. The second-order valence-corrected chi connectivity index (χ2v) is 6.60. The van der Waals surface area contributed by atoms with Gasteiger partial charge in [0.25, 0.3) is 0 Å². The highest BCUT2D eigenvalue weighted by Gasteiger charge is 2.25. The van der Waals surface area contributed by atoms with E-state index in [1.807, 2.05) is 13.0 Å². The molecule has 0 unspecified atom stereocenters. The molecular weight excluding hydrogens is 354 g/mol. The maximum absolute atomic E-state index is 13.3. The highest BCUT2D eigenvalue weighted by Crippen LogP contribution is 2.37. The van der Waals surface area contributed by atoms with Gasteiger partial charge in [-0.3, -0.25) is 9.59 Å². The molecule has 3 rings (SSSR count). The first-order chi connectivity index (χ1) is 12.3. The van der Waals surface area contributed by atoms with Gasteiger partial charge >= 0.3 is 5.97 Å². The summed E-state index contributed by atoms with van der Waals surface area (Å²) < 4.78 is 5.51. The van der Waals surface area contributed by atoms with E-state index in [1.54, 1.807) is 31.2 Å². The van der Waals surface area contributed by atoms with Crippen molar-refractivity contribution in [2.24, 2.45) is 0 Å². The second kappa shape index (κ2) is 6.84. The zero-order valence-corrected chi connectivity index (χ0v) is 15.4. The summed E-state index contributed by atoms with van der Waals surface area (Å²) in [5.41, 5.74) is 3.64. The van der Waals surface area contributed by atoms with Crippen LogP contribution >= 0.6 is 11.6 Å². The van der Waals surface area contributed by atoms with Crippen molar-refractivity contribution >= 4 is 34.3 Å². The summed E-state index contributed by atoms with van der Waals surface area (Å²) in [5.74, 6) is -0.751. The molecule has 0 saturated carbocycles. The summed E-state index contributed by atoms with van der Waals surface area (Å²) in [7, 11) is 1.50. The maximum atomic E-state index is 13.3. The number of ketones is 1. The first-order valence-electron chi connectivity index (χ1n) is 8.04. The number of H-pyrrole nitrogens is 1. The van der Waals surface area contributed by atoms with Crippen LogP contribution in [0.1, 0.15) is 32.7 Å². The van der Waals surface area contributed by atoms with Crippen LogP contribution in [0.5, 0.6) is 5.75 Å². The van der Waals surface area contributed by atoms with Crippen molar-refractivity contribution in [2.45, 2.75) is 20.3 Å². The molecule has 26 heavy (non-hydrogen) atoms. The summed E-state index contributed by atoms with van der Waals surface area (Å²) >= 11 is 5.92. The van der Waals surface area contributed by atoms with Crippen molar-refractivity contribution < 1.29 is 19.4 Å². The van der Waals surface area contributed by atoms with E-state index in [0.717, 1.165) is 16.8 Å². The number of aromatic nitrogens is 1. The standard InChI is InChI=1S/C20H18ClNO4/c1-10-8-15-17(14(9-16(23)24)11(2)22-15)18(20(10)26-3)19(25)12-4-6-13(21)7-5-12/h4-8,22H,9H2,1-3H3,(H,23,24). The van der Waals surface area contributed by atoms with E-state index in [9.17, 15) is 14.7 Å². The lowest BCUT2D eigenvalue weighted by atomic mass is 9.93. The Balaban J connectivity index is 2.35. The topological polar surface area (TPSA) is 79.4 Å². The van der Waals surface area contributed by atoms with Crippen molar-refractivity contribution in [1.82, 2.24) is 4.98 Å². The van der Waals surface area contributed by atoms with E-state index in [1.165, 1.54) is 7.11 Å². The molecule has 0 aliphatic carbocycles. The lowest BCUT2D eigenvalue weighted by Gasteiger charge is -2.14. The summed E-state index contributed by atoms with van der Waals surface area (Å²) in [6, 6.07) is 8.46. The average Bonchev–Trinajstić information content (AvgIpc) is 2.88. The number of carboxylic acids is 1. The van der Waals surface area contributed by atoms with Crippen molar-refractivity contribution in [1.29, 1.82) is 0 Å². The molecule has 0 fully saturated rings. The first kappa shape index (κ1) is 18.0. The number of rotatable bonds is 5. The SMILES string of the molecule is COc1c(C)cc2[nH]c(C)c(CC(=O)O)c2c1C(=O)c1ccc(Cl)cc1. The summed E-state index contributed by atoms with van der Waals surface area (Å²) in [6.07, 6.45) is -0.182. The van der Waals surface area contributed by atoms with E-state index < -0.39 is 5.97 Å². The Labute approximate surface area is 155 Å². The monoisotopic (exact) mass is 371 g/mol. The van der Waals surface area contributed by atoms with Crippen LogP contribution in [0, 0.1) is 13.8 Å². The predicted octanol–water partition coefficient (Wildman–Crippen LogP) is 4.30. The van der Waals surface area contributed by atoms with Crippen molar-refractivity contribution in [2.75, 3.05) is 7.11 Å². The zero-order valence-electron chi connectivity index (χ0n) is 14.6. The van der Waals surface area contributed by atoms with Gasteiger partial charge in [-0.25, -0.2) is 0 Å². The van der Waals surface area contributed by atoms with E-state index >= 15 is 0 Å². The average molecular weight is 372 g/mol. The number of hydrogen-bond acceptors (Lipinski definition) is 3. The van der Waals surface area contributed by atoms with Gasteiger partial charge in [-0.1, -0.05) is 11.6 Å². The Kier molecular flexibility index (Phi) is 4.74. The maximum Gasteiger partial charge on any atom is 0.307 e. The lowest BCUT2D eigenvalue weighted by Crippen LogP contribution is -2.08. The molecule has 6 heteroatoms. The Morgan fingerprint density at radius 3 is 2.42 bits per heavy atom. The molecule has 3 aromatic rings. The zero-order chi connectivity index (χ0) is 19.0. The molecule has 2 N–H and O–H groups in total. The molecule has 1 aromatic heterocycles. The molecule has 0 aliphatic heterocycles. The number of methoxy groups -OCH3 is 1. The summed E-state index contributed by atoms with van der Waals surface area (Å²) in [6.45, 7) is 3.65. The first-order valence-corrected chi connectivity index (χ1v) is 8.42. The quantitative estimate of drug-likeness (QED) is 0.655. The van der Waals surface area contributed by atoms with Gasteiger partial charge < -0.3 is 14.8 Å². The molecule has 0 bridgehead atoms. The third kappa shape index (κ3) is 3.06. The van der Waals surface area contributed by atoms with Gasteiger partial charge in [-0.2, -0.15) is 0 Å². The van der Waals surface area contributed by atoms with Gasteiger partial charge in [0, 0.05) is 27.2 Å². The van der Waals surface area contributed by atoms with Crippen LogP contribution < -0.4 is 4.74 Å². The summed E-state index contributed by atoms with van der Waals surface area (Å²) in [4.78, 5) is 27.8. The molecule has 5 nitrogen and oxygen atoms in total. The van der Waals surface area contributed by atoms with E-state index in [4.69, 9.17) is 16.3 Å². The number of aryl methyl sites for hydroxylation is 2. The normalized spacial score (nSPS) is 10.9. The number of carboxylic acid groups (broad SMARTS) is 1. The van der Waals surface area contributed by atoms with E-state index in [-0.39, 0.29) is 12.2 Å². The fourth-order valence-corrected chi connectivity index (χ4v) is 3.40. The second-order valence-electron chi connectivity index (χ2n) is 6.16. The fourth-order valence-electron chi connectivity index (χ4n) is 3.27. The number of halogens is 1. The fraction of sp³-hybridized carbons (Fsp3) is 0.200.